The van der Waals surface area contributed by atoms with Gasteiger partial charge in [-0.15, -0.1) is 0 Å². The number of aldehydes is 1. The quantitative estimate of drug-likeness (QED) is 0.773. The summed E-state index contributed by atoms with van der Waals surface area (Å²) in [6, 6.07) is 8.13. The Morgan fingerprint density at radius 2 is 1.89 bits per heavy atom. The Morgan fingerprint density at radius 3 is 2.67 bits per heavy atom. The first-order chi connectivity index (χ1) is 8.88. The van der Waals surface area contributed by atoms with Crippen molar-refractivity contribution in [3.63, 3.8) is 0 Å². The first kappa shape index (κ1) is 11.5. The van der Waals surface area contributed by atoms with Gasteiger partial charge in [0.25, 0.3) is 0 Å². The molecule has 0 unspecified atom stereocenters. The minimum atomic E-state index is 0.794. The van der Waals surface area contributed by atoms with Gasteiger partial charge in [-0.1, -0.05) is 24.6 Å². The molecule has 1 aromatic heterocycles. The van der Waals surface area contributed by atoms with Crippen molar-refractivity contribution >= 4 is 17.2 Å². The average molecular weight is 242 g/mol. The largest absolute Gasteiger partial charge is 0.333 e. The third kappa shape index (κ3) is 2.06. The Bertz CT molecular complexity index is 553. The summed E-state index contributed by atoms with van der Waals surface area (Å²) in [5, 5.41) is 1.06. The number of likely N-dealkylation sites (tertiary alicyclic amines) is 1. The van der Waals surface area contributed by atoms with Gasteiger partial charge >= 0.3 is 0 Å². The van der Waals surface area contributed by atoms with Crippen LogP contribution in [0, 0.1) is 0 Å². The molecule has 0 amide bonds. The Kier molecular flexibility index (Phi) is 3.15. The second-order valence-corrected chi connectivity index (χ2v) is 5.01. The molecule has 0 aliphatic carbocycles. The van der Waals surface area contributed by atoms with Crippen LogP contribution >= 0.6 is 0 Å². The summed E-state index contributed by atoms with van der Waals surface area (Å²) in [6.45, 7) is 3.24. The topological polar surface area (TPSA) is 25.2 Å². The molecule has 94 valence electrons. The minimum Gasteiger partial charge on any atom is -0.333 e. The predicted octanol–water partition coefficient (Wildman–Crippen LogP) is 2.90. The van der Waals surface area contributed by atoms with Crippen molar-refractivity contribution in [3.8, 4) is 0 Å². The SMILES string of the molecule is O=Cc1cn(CN2CCCCC2)c2ccccc12. The molecule has 0 bridgehead atoms. The highest BCUT2D eigenvalue weighted by atomic mass is 16.1. The smallest absolute Gasteiger partial charge is 0.152 e. The molecular weight excluding hydrogens is 224 g/mol. The van der Waals surface area contributed by atoms with Crippen molar-refractivity contribution in [2.75, 3.05) is 13.1 Å². The Labute approximate surface area is 107 Å². The van der Waals surface area contributed by atoms with E-state index in [1.54, 1.807) is 0 Å². The Balaban J connectivity index is 1.93. The number of para-hydroxylation sites is 1. The van der Waals surface area contributed by atoms with E-state index in [1.165, 1.54) is 32.4 Å². The van der Waals surface area contributed by atoms with Crippen molar-refractivity contribution in [1.29, 1.82) is 0 Å². The third-order valence-corrected chi connectivity index (χ3v) is 3.75. The Hall–Kier alpha value is -1.61. The van der Waals surface area contributed by atoms with Crippen molar-refractivity contribution < 1.29 is 4.79 Å². The molecule has 1 saturated heterocycles. The van der Waals surface area contributed by atoms with E-state index in [2.05, 4.69) is 15.5 Å². The average Bonchev–Trinajstić information content (AvgIpc) is 2.78. The summed E-state index contributed by atoms with van der Waals surface area (Å²) in [4.78, 5) is 13.6. The summed E-state index contributed by atoms with van der Waals surface area (Å²) in [5.41, 5.74) is 1.95. The molecule has 1 fully saturated rings. The minimum absolute atomic E-state index is 0.794. The van der Waals surface area contributed by atoms with Gasteiger partial charge in [-0.3, -0.25) is 9.69 Å². The van der Waals surface area contributed by atoms with E-state index < -0.39 is 0 Å². The van der Waals surface area contributed by atoms with Crippen molar-refractivity contribution in [1.82, 2.24) is 9.47 Å². The second-order valence-electron chi connectivity index (χ2n) is 5.01. The number of hydrogen-bond acceptors (Lipinski definition) is 2. The second kappa shape index (κ2) is 4.94. The number of nitrogens with zero attached hydrogens (tertiary/aromatic N) is 2. The van der Waals surface area contributed by atoms with E-state index in [0.29, 0.717) is 0 Å². The van der Waals surface area contributed by atoms with E-state index in [4.69, 9.17) is 0 Å². The number of rotatable bonds is 3. The highest BCUT2D eigenvalue weighted by Gasteiger charge is 2.13. The maximum Gasteiger partial charge on any atom is 0.152 e. The molecule has 1 aromatic carbocycles. The zero-order chi connectivity index (χ0) is 12.4. The fraction of sp³-hybridized carbons (Fsp3) is 0.400. The monoisotopic (exact) mass is 242 g/mol. The van der Waals surface area contributed by atoms with Crippen molar-refractivity contribution in [2.45, 2.75) is 25.9 Å². The number of fused-ring (bicyclic) bond motifs is 1. The molecule has 0 radical (unpaired) electrons. The predicted molar refractivity (Wildman–Crippen MR) is 72.7 cm³/mol. The third-order valence-electron chi connectivity index (χ3n) is 3.75. The van der Waals surface area contributed by atoms with Crippen LogP contribution in [0.4, 0.5) is 0 Å². The highest BCUT2D eigenvalue weighted by molar-refractivity contribution is 5.97. The van der Waals surface area contributed by atoms with Crippen LogP contribution in [0.25, 0.3) is 10.9 Å². The highest BCUT2D eigenvalue weighted by Crippen LogP contribution is 2.21. The van der Waals surface area contributed by atoms with Gasteiger partial charge in [0.05, 0.1) is 6.67 Å². The molecule has 0 atom stereocenters. The van der Waals surface area contributed by atoms with Crippen LogP contribution in [0.5, 0.6) is 0 Å². The molecule has 3 rings (SSSR count). The molecule has 18 heavy (non-hydrogen) atoms. The van der Waals surface area contributed by atoms with Crippen molar-refractivity contribution in [2.24, 2.45) is 0 Å². The fourth-order valence-corrected chi connectivity index (χ4v) is 2.80. The zero-order valence-electron chi connectivity index (χ0n) is 10.5. The van der Waals surface area contributed by atoms with Gasteiger partial charge in [0, 0.05) is 22.7 Å². The first-order valence-corrected chi connectivity index (χ1v) is 6.64. The zero-order valence-corrected chi connectivity index (χ0v) is 10.5. The lowest BCUT2D eigenvalue weighted by atomic mass is 10.1. The van der Waals surface area contributed by atoms with Crippen LogP contribution in [-0.2, 0) is 6.67 Å². The first-order valence-electron chi connectivity index (χ1n) is 6.64. The molecule has 1 aliphatic heterocycles. The van der Waals surface area contributed by atoms with Gasteiger partial charge in [-0.2, -0.15) is 0 Å². The standard InChI is InChI=1S/C15H18N2O/c18-11-13-10-17(12-16-8-4-1-5-9-16)15-7-3-2-6-14(13)15/h2-3,6-7,10-11H,1,4-5,8-9,12H2. The van der Waals surface area contributed by atoms with Gasteiger partial charge in [0.2, 0.25) is 0 Å². The number of hydrogen-bond donors (Lipinski definition) is 0. The van der Waals surface area contributed by atoms with Crippen LogP contribution in [-0.4, -0.2) is 28.8 Å². The van der Waals surface area contributed by atoms with Crippen LogP contribution in [0.2, 0.25) is 0 Å². The van der Waals surface area contributed by atoms with Crippen LogP contribution in [0.15, 0.2) is 30.5 Å². The maximum absolute atomic E-state index is 11.1. The number of aromatic nitrogens is 1. The van der Waals surface area contributed by atoms with Crippen LogP contribution < -0.4 is 0 Å². The van der Waals surface area contributed by atoms with E-state index in [1.807, 2.05) is 24.4 Å². The van der Waals surface area contributed by atoms with Gasteiger partial charge in [0.1, 0.15) is 0 Å². The molecule has 0 N–H and O–H groups in total. The van der Waals surface area contributed by atoms with Crippen molar-refractivity contribution in [3.05, 3.63) is 36.0 Å². The molecule has 3 nitrogen and oxygen atoms in total. The number of piperidine rings is 1. The van der Waals surface area contributed by atoms with Crippen LogP contribution in [0.1, 0.15) is 29.6 Å². The summed E-state index contributed by atoms with van der Waals surface area (Å²) < 4.78 is 2.20. The lowest BCUT2D eigenvalue weighted by Gasteiger charge is -2.27. The summed E-state index contributed by atoms with van der Waals surface area (Å²) in [7, 11) is 0. The van der Waals surface area contributed by atoms with E-state index in [-0.39, 0.29) is 0 Å². The number of carbonyl (C=O) groups is 1. The summed E-state index contributed by atoms with van der Waals surface area (Å²) in [6.07, 6.45) is 6.86. The fourth-order valence-electron chi connectivity index (χ4n) is 2.80. The maximum atomic E-state index is 11.1. The molecule has 3 heteroatoms. The molecule has 0 saturated carbocycles. The summed E-state index contributed by atoms with van der Waals surface area (Å²) in [5.74, 6) is 0. The molecule has 2 aromatic rings. The van der Waals surface area contributed by atoms with E-state index in [9.17, 15) is 4.79 Å². The lowest BCUT2D eigenvalue weighted by molar-refractivity contribution is 0.112. The van der Waals surface area contributed by atoms with Gasteiger partial charge in [-0.05, 0) is 32.0 Å². The van der Waals surface area contributed by atoms with E-state index in [0.717, 1.165) is 29.4 Å². The van der Waals surface area contributed by atoms with Gasteiger partial charge in [-0.25, -0.2) is 0 Å². The normalized spacial score (nSPS) is 17.1. The number of benzene rings is 1. The van der Waals surface area contributed by atoms with Gasteiger partial charge in [0.15, 0.2) is 6.29 Å². The Morgan fingerprint density at radius 1 is 1.11 bits per heavy atom. The molecule has 1 aliphatic rings. The van der Waals surface area contributed by atoms with Gasteiger partial charge < -0.3 is 4.57 Å². The van der Waals surface area contributed by atoms with E-state index >= 15 is 0 Å². The molecule has 2 heterocycles. The molecule has 0 spiro atoms. The molecular formula is C15H18N2O. The van der Waals surface area contributed by atoms with Crippen LogP contribution in [0.3, 0.4) is 0 Å². The lowest BCUT2D eigenvalue weighted by Crippen LogP contribution is -2.31. The number of carbonyl (C=O) groups excluding carboxylic acids is 1. The summed E-state index contributed by atoms with van der Waals surface area (Å²) >= 11 is 0.